The summed E-state index contributed by atoms with van der Waals surface area (Å²) in [5.41, 5.74) is -0.111. The quantitative estimate of drug-likeness (QED) is 0.523. The van der Waals surface area contributed by atoms with Gasteiger partial charge in [0.1, 0.15) is 6.11 Å². The Labute approximate surface area is 157 Å². The highest BCUT2D eigenvalue weighted by Gasteiger charge is 2.61. The molecule has 3 fully saturated rings. The third kappa shape index (κ3) is 2.96. The second-order valence-corrected chi connectivity index (χ2v) is 10.3. The lowest BCUT2D eigenvalue weighted by Crippen LogP contribution is -2.58. The van der Waals surface area contributed by atoms with Crippen LogP contribution >= 0.6 is 0 Å². The van der Waals surface area contributed by atoms with E-state index in [1.54, 1.807) is 0 Å². The van der Waals surface area contributed by atoms with Crippen LogP contribution in [0.5, 0.6) is 0 Å². The number of fused-ring (bicyclic) bond motifs is 3. The van der Waals surface area contributed by atoms with Crippen LogP contribution in [0.1, 0.15) is 85.0 Å². The van der Waals surface area contributed by atoms with Crippen LogP contribution in [0.15, 0.2) is 0 Å². The lowest BCUT2D eigenvalue weighted by atomic mass is 9.45. The molecule has 3 aliphatic carbocycles. The van der Waals surface area contributed by atoms with E-state index in [1.165, 1.54) is 19.3 Å². The molecular formula is C23H34F2O. The van der Waals surface area contributed by atoms with Crippen molar-refractivity contribution in [2.24, 2.45) is 35.0 Å². The molecule has 0 amide bonds. The molecule has 1 heterocycles. The van der Waals surface area contributed by atoms with Crippen molar-refractivity contribution >= 4 is 0 Å². The Morgan fingerprint density at radius 1 is 1.12 bits per heavy atom. The van der Waals surface area contributed by atoms with Crippen molar-refractivity contribution in [3.05, 3.63) is 0 Å². The van der Waals surface area contributed by atoms with Crippen molar-refractivity contribution in [1.82, 2.24) is 0 Å². The molecule has 1 nitrogen and oxygen atoms in total. The van der Waals surface area contributed by atoms with Crippen molar-refractivity contribution in [3.8, 4) is 12.0 Å². The van der Waals surface area contributed by atoms with Crippen LogP contribution in [0.3, 0.4) is 0 Å². The van der Waals surface area contributed by atoms with Gasteiger partial charge in [0.05, 0.1) is 0 Å². The van der Waals surface area contributed by atoms with Crippen molar-refractivity contribution in [2.45, 2.75) is 96.5 Å². The predicted octanol–water partition coefficient (Wildman–Crippen LogP) is 6.42. The molecule has 0 radical (unpaired) electrons. The minimum atomic E-state index is -2.44. The van der Waals surface area contributed by atoms with E-state index in [0.29, 0.717) is 24.2 Å². The summed E-state index contributed by atoms with van der Waals surface area (Å²) in [6.45, 7) is 6.90. The number of hydrogen-bond donors (Lipinski definition) is 0. The van der Waals surface area contributed by atoms with Gasteiger partial charge in [0.2, 0.25) is 5.92 Å². The second kappa shape index (κ2) is 6.39. The topological polar surface area (TPSA) is 9.23 Å². The highest BCUT2D eigenvalue weighted by molar-refractivity contribution is 5.26. The smallest absolute Gasteiger partial charge is 0.248 e. The fourth-order valence-electron chi connectivity index (χ4n) is 6.94. The maximum atomic E-state index is 14.0. The fourth-order valence-corrected chi connectivity index (χ4v) is 6.94. The molecule has 3 heteroatoms. The summed E-state index contributed by atoms with van der Waals surface area (Å²) in [6.07, 6.45) is 11.6. The van der Waals surface area contributed by atoms with E-state index in [2.05, 4.69) is 32.8 Å². The molecule has 146 valence electrons. The Morgan fingerprint density at radius 2 is 1.88 bits per heavy atom. The average Bonchev–Trinajstić information content (AvgIpc) is 2.53. The Kier molecular flexibility index (Phi) is 4.56. The van der Waals surface area contributed by atoms with Crippen LogP contribution in [-0.4, -0.2) is 11.5 Å². The van der Waals surface area contributed by atoms with Gasteiger partial charge < -0.3 is 4.74 Å². The molecule has 0 N–H and O–H groups in total. The third-order valence-electron chi connectivity index (χ3n) is 8.45. The zero-order chi connectivity index (χ0) is 18.6. The van der Waals surface area contributed by atoms with Gasteiger partial charge in [0, 0.05) is 25.2 Å². The third-order valence-corrected chi connectivity index (χ3v) is 8.45. The Balaban J connectivity index is 1.55. The molecule has 3 saturated carbocycles. The molecule has 4 rings (SSSR count). The largest absolute Gasteiger partial charge is 0.426 e. The van der Waals surface area contributed by atoms with Gasteiger partial charge in [-0.2, -0.15) is 0 Å². The standard InChI is InChI=1S/C23H34F2O/c1-16(2)5-4-6-20-18-8-7-17-15-23(24,25)12-11-21(17,3)19(18)9-10-22(20)13-14-26-22/h16-20H,4-12,15H2,1-3H3/t17-,18+,19-,20-,21-,22-/m0/s1. The van der Waals surface area contributed by atoms with Gasteiger partial charge in [-0.15, -0.1) is 0 Å². The van der Waals surface area contributed by atoms with Crippen molar-refractivity contribution in [2.75, 3.05) is 0 Å². The summed E-state index contributed by atoms with van der Waals surface area (Å²) in [5, 5.41) is 0. The fraction of sp³-hybridized carbons (Fsp3) is 0.913. The predicted molar refractivity (Wildman–Crippen MR) is 99.6 cm³/mol. The molecule has 1 spiro atoms. The molecule has 0 bridgehead atoms. The SMILES string of the molecule is CC(C)CCC[C@H]1[C@@H]2CC[C@H]3CC(F)(F)CC[C@]3(C)[C@H]2CC[C@]12C#CO2. The first-order valence-corrected chi connectivity index (χ1v) is 10.8. The first kappa shape index (κ1) is 18.6. The monoisotopic (exact) mass is 364 g/mol. The normalized spacial score (nSPS) is 45.8. The average molecular weight is 365 g/mol. The van der Waals surface area contributed by atoms with Gasteiger partial charge in [-0.25, -0.2) is 8.78 Å². The van der Waals surface area contributed by atoms with Gasteiger partial charge in [-0.05, 0) is 67.1 Å². The van der Waals surface area contributed by atoms with E-state index in [1.807, 2.05) is 0 Å². The molecule has 26 heavy (non-hydrogen) atoms. The molecule has 0 aromatic rings. The van der Waals surface area contributed by atoms with Gasteiger partial charge in [0.15, 0.2) is 5.60 Å². The Morgan fingerprint density at radius 3 is 2.54 bits per heavy atom. The first-order chi connectivity index (χ1) is 12.3. The lowest BCUT2D eigenvalue weighted by Gasteiger charge is -2.61. The summed E-state index contributed by atoms with van der Waals surface area (Å²) in [5.74, 6) is 3.57. The molecule has 0 aromatic carbocycles. The van der Waals surface area contributed by atoms with Crippen molar-refractivity contribution < 1.29 is 13.5 Å². The number of hydrogen-bond acceptors (Lipinski definition) is 1. The zero-order valence-corrected chi connectivity index (χ0v) is 16.6. The van der Waals surface area contributed by atoms with Crippen LogP contribution < -0.4 is 0 Å². The molecule has 1 aliphatic heterocycles. The van der Waals surface area contributed by atoms with E-state index in [0.717, 1.165) is 31.6 Å². The first-order valence-electron chi connectivity index (χ1n) is 10.8. The van der Waals surface area contributed by atoms with E-state index in [-0.39, 0.29) is 29.8 Å². The minimum Gasteiger partial charge on any atom is -0.426 e. The van der Waals surface area contributed by atoms with Crippen LogP contribution in [0, 0.1) is 47.0 Å². The van der Waals surface area contributed by atoms with E-state index in [4.69, 9.17) is 4.74 Å². The number of rotatable bonds is 4. The van der Waals surface area contributed by atoms with Crippen LogP contribution in [0.4, 0.5) is 8.78 Å². The summed E-state index contributed by atoms with van der Waals surface area (Å²) >= 11 is 0. The maximum Gasteiger partial charge on any atom is 0.248 e. The second-order valence-electron chi connectivity index (χ2n) is 10.3. The number of ether oxygens (including phenoxy) is 1. The van der Waals surface area contributed by atoms with Crippen molar-refractivity contribution in [3.63, 3.8) is 0 Å². The molecule has 4 aliphatic rings. The van der Waals surface area contributed by atoms with E-state index in [9.17, 15) is 8.78 Å². The molecule has 0 saturated heterocycles. The molecule has 6 atom stereocenters. The summed E-state index contributed by atoms with van der Waals surface area (Å²) in [4.78, 5) is 0. The Bertz CT molecular complexity index is 603. The van der Waals surface area contributed by atoms with E-state index >= 15 is 0 Å². The maximum absolute atomic E-state index is 14.0. The highest BCUT2D eigenvalue weighted by atomic mass is 19.3. The van der Waals surface area contributed by atoms with Gasteiger partial charge in [-0.1, -0.05) is 33.6 Å². The van der Waals surface area contributed by atoms with Crippen LogP contribution in [0.2, 0.25) is 0 Å². The highest BCUT2D eigenvalue weighted by Crippen LogP contribution is 2.64. The minimum absolute atomic E-state index is 0.0860. The van der Waals surface area contributed by atoms with E-state index < -0.39 is 5.92 Å². The zero-order valence-electron chi connectivity index (χ0n) is 16.6. The van der Waals surface area contributed by atoms with Crippen LogP contribution in [-0.2, 0) is 4.74 Å². The number of halogens is 2. The molecule has 0 unspecified atom stereocenters. The van der Waals surface area contributed by atoms with Gasteiger partial charge in [-0.3, -0.25) is 0 Å². The molecular weight excluding hydrogens is 330 g/mol. The number of alkyl halides is 2. The van der Waals surface area contributed by atoms with Gasteiger partial charge in [0.25, 0.3) is 0 Å². The summed E-state index contributed by atoms with van der Waals surface area (Å²) in [7, 11) is 0. The van der Waals surface area contributed by atoms with Crippen LogP contribution in [0.25, 0.3) is 0 Å². The summed E-state index contributed by atoms with van der Waals surface area (Å²) < 4.78 is 34.0. The summed E-state index contributed by atoms with van der Waals surface area (Å²) in [6, 6.07) is 0. The lowest BCUT2D eigenvalue weighted by molar-refractivity contribution is -0.175. The van der Waals surface area contributed by atoms with Gasteiger partial charge >= 0.3 is 0 Å². The van der Waals surface area contributed by atoms with Crippen molar-refractivity contribution in [1.29, 1.82) is 0 Å². The Hall–Kier alpha value is -0.780. The molecule has 0 aromatic heterocycles.